The van der Waals surface area contributed by atoms with Crippen molar-refractivity contribution in [3.8, 4) is 0 Å². The van der Waals surface area contributed by atoms with Gasteiger partial charge in [0, 0.05) is 11.8 Å². The van der Waals surface area contributed by atoms with E-state index in [-0.39, 0.29) is 11.9 Å². The lowest BCUT2D eigenvalue weighted by atomic mass is 9.69. The Labute approximate surface area is 135 Å². The molecule has 4 heteroatoms. The summed E-state index contributed by atoms with van der Waals surface area (Å²) in [5.74, 6) is -0.978. The molecule has 0 aromatic carbocycles. The molecule has 130 valence electrons. The molecule has 1 aliphatic heterocycles. The first-order valence-corrected chi connectivity index (χ1v) is 8.75. The first-order valence-electron chi connectivity index (χ1n) is 8.75. The molecule has 0 aliphatic carbocycles. The molecule has 0 saturated carbocycles. The third-order valence-electron chi connectivity index (χ3n) is 4.96. The summed E-state index contributed by atoms with van der Waals surface area (Å²) in [5, 5.41) is 0. The summed E-state index contributed by atoms with van der Waals surface area (Å²) in [6, 6.07) is 0. The van der Waals surface area contributed by atoms with Crippen LogP contribution in [0.1, 0.15) is 87.0 Å². The molecule has 1 saturated heterocycles. The van der Waals surface area contributed by atoms with Crippen LogP contribution in [0.2, 0.25) is 0 Å². The molecule has 1 aliphatic rings. The van der Waals surface area contributed by atoms with Crippen LogP contribution in [0, 0.1) is 11.3 Å². The van der Waals surface area contributed by atoms with Crippen LogP contribution in [0.3, 0.4) is 0 Å². The first kappa shape index (κ1) is 19.4. The molecule has 0 radical (unpaired) electrons. The van der Waals surface area contributed by atoms with Gasteiger partial charge >= 0.3 is 5.97 Å². The molecule has 1 unspecified atom stereocenters. The van der Waals surface area contributed by atoms with Crippen LogP contribution < -0.4 is 0 Å². The molecular weight excluding hydrogens is 280 g/mol. The van der Waals surface area contributed by atoms with Crippen LogP contribution in [0.15, 0.2) is 0 Å². The van der Waals surface area contributed by atoms with E-state index in [1.165, 1.54) is 0 Å². The van der Waals surface area contributed by atoms with E-state index in [1.54, 1.807) is 0 Å². The summed E-state index contributed by atoms with van der Waals surface area (Å²) >= 11 is 0. The second-order valence-corrected chi connectivity index (χ2v) is 7.62. The molecule has 0 bridgehead atoms. The molecule has 1 fully saturated rings. The van der Waals surface area contributed by atoms with E-state index < -0.39 is 16.8 Å². The average Bonchev–Trinajstić information content (AvgIpc) is 3.19. The monoisotopic (exact) mass is 314 g/mol. The van der Waals surface area contributed by atoms with E-state index in [1.807, 2.05) is 20.8 Å². The number of carbonyl (C=O) groups excluding carboxylic acids is 1. The molecule has 4 nitrogen and oxygen atoms in total. The maximum absolute atomic E-state index is 12.8. The minimum absolute atomic E-state index is 0.121. The standard InChI is InChI=1S/C18H34O4/c1-8-11-12-14(15(19)20-16(4,5)13-9-2)17(6,7)18(10-3)21-22-18/h14H,8-13H2,1-7H3. The van der Waals surface area contributed by atoms with Gasteiger partial charge in [-0.3, -0.25) is 4.79 Å². The van der Waals surface area contributed by atoms with Crippen molar-refractivity contribution in [2.75, 3.05) is 0 Å². The lowest BCUT2D eigenvalue weighted by molar-refractivity contribution is -0.169. The fourth-order valence-corrected chi connectivity index (χ4v) is 3.28. The Morgan fingerprint density at radius 2 is 1.68 bits per heavy atom. The van der Waals surface area contributed by atoms with Crippen molar-refractivity contribution in [3.05, 3.63) is 0 Å². The topological polar surface area (TPSA) is 51.4 Å². The predicted molar refractivity (Wildman–Crippen MR) is 87.1 cm³/mol. The highest BCUT2D eigenvalue weighted by Gasteiger charge is 2.63. The zero-order valence-electron chi connectivity index (χ0n) is 15.5. The van der Waals surface area contributed by atoms with Crippen molar-refractivity contribution >= 4 is 5.97 Å². The molecule has 0 spiro atoms. The van der Waals surface area contributed by atoms with Crippen LogP contribution in [-0.4, -0.2) is 17.4 Å². The second kappa shape index (κ2) is 7.31. The summed E-state index contributed by atoms with van der Waals surface area (Å²) in [7, 11) is 0. The predicted octanol–water partition coefficient (Wildman–Crippen LogP) is 5.01. The van der Waals surface area contributed by atoms with Gasteiger partial charge < -0.3 is 4.74 Å². The third-order valence-corrected chi connectivity index (χ3v) is 4.96. The summed E-state index contributed by atoms with van der Waals surface area (Å²) in [4.78, 5) is 23.4. The maximum atomic E-state index is 12.8. The molecular formula is C18H34O4. The number of ether oxygens (including phenoxy) is 1. The van der Waals surface area contributed by atoms with Crippen molar-refractivity contribution in [2.24, 2.45) is 11.3 Å². The van der Waals surface area contributed by atoms with E-state index in [9.17, 15) is 4.79 Å². The van der Waals surface area contributed by atoms with Gasteiger partial charge in [0.15, 0.2) is 0 Å². The van der Waals surface area contributed by atoms with Crippen molar-refractivity contribution < 1.29 is 19.3 Å². The summed E-state index contributed by atoms with van der Waals surface area (Å²) in [6.07, 6.45) is 5.45. The zero-order valence-corrected chi connectivity index (χ0v) is 15.5. The van der Waals surface area contributed by atoms with Gasteiger partial charge in [0.2, 0.25) is 5.79 Å². The number of unbranched alkanes of at least 4 members (excludes halogenated alkanes) is 1. The lowest BCUT2D eigenvalue weighted by Crippen LogP contribution is -2.45. The summed E-state index contributed by atoms with van der Waals surface area (Å²) < 4.78 is 5.84. The molecule has 1 heterocycles. The largest absolute Gasteiger partial charge is 0.459 e. The molecule has 0 aromatic heterocycles. The number of carbonyl (C=O) groups is 1. The fraction of sp³-hybridized carbons (Fsp3) is 0.944. The van der Waals surface area contributed by atoms with E-state index >= 15 is 0 Å². The van der Waals surface area contributed by atoms with Gasteiger partial charge in [-0.05, 0) is 26.7 Å². The average molecular weight is 314 g/mol. The third kappa shape index (κ3) is 4.23. The van der Waals surface area contributed by atoms with E-state index in [2.05, 4.69) is 27.7 Å². The Bertz CT molecular complexity index is 369. The lowest BCUT2D eigenvalue weighted by Gasteiger charge is -2.37. The van der Waals surface area contributed by atoms with Crippen molar-refractivity contribution in [1.82, 2.24) is 0 Å². The van der Waals surface area contributed by atoms with Crippen molar-refractivity contribution in [2.45, 2.75) is 98.4 Å². The number of esters is 1. The summed E-state index contributed by atoms with van der Waals surface area (Å²) in [6.45, 7) is 14.3. The first-order chi connectivity index (χ1) is 10.2. The van der Waals surface area contributed by atoms with Crippen LogP contribution in [0.4, 0.5) is 0 Å². The van der Waals surface area contributed by atoms with Gasteiger partial charge in [-0.2, -0.15) is 9.78 Å². The van der Waals surface area contributed by atoms with Gasteiger partial charge in [0.25, 0.3) is 0 Å². The van der Waals surface area contributed by atoms with E-state index in [0.717, 1.165) is 38.5 Å². The highest BCUT2D eigenvalue weighted by Crippen LogP contribution is 2.54. The minimum atomic E-state index is -0.640. The SMILES string of the molecule is CCCCC(C(=O)OC(C)(C)CCC)C(C)(C)C1(CC)OO1. The second-order valence-electron chi connectivity index (χ2n) is 7.62. The fourth-order valence-electron chi connectivity index (χ4n) is 3.28. The highest BCUT2D eigenvalue weighted by atomic mass is 17.4. The number of rotatable bonds is 10. The van der Waals surface area contributed by atoms with Gasteiger partial charge in [0.05, 0.1) is 5.92 Å². The van der Waals surface area contributed by atoms with E-state index in [0.29, 0.717) is 0 Å². The zero-order chi connectivity index (χ0) is 17.0. The minimum Gasteiger partial charge on any atom is -0.459 e. The molecule has 22 heavy (non-hydrogen) atoms. The van der Waals surface area contributed by atoms with Crippen LogP contribution in [0.25, 0.3) is 0 Å². The van der Waals surface area contributed by atoms with Crippen LogP contribution in [0.5, 0.6) is 0 Å². The smallest absolute Gasteiger partial charge is 0.310 e. The maximum Gasteiger partial charge on any atom is 0.310 e. The Balaban J connectivity index is 2.90. The van der Waals surface area contributed by atoms with Gasteiger partial charge in [-0.25, -0.2) is 0 Å². The van der Waals surface area contributed by atoms with Crippen molar-refractivity contribution in [3.63, 3.8) is 0 Å². The Morgan fingerprint density at radius 3 is 2.09 bits per heavy atom. The normalized spacial score (nSPS) is 18.9. The Kier molecular flexibility index (Phi) is 6.46. The van der Waals surface area contributed by atoms with Gasteiger partial charge in [0.1, 0.15) is 5.60 Å². The quantitative estimate of drug-likeness (QED) is 0.323. The summed E-state index contributed by atoms with van der Waals surface area (Å²) in [5.41, 5.74) is -0.826. The molecule has 1 rings (SSSR count). The van der Waals surface area contributed by atoms with Crippen LogP contribution >= 0.6 is 0 Å². The highest BCUT2D eigenvalue weighted by molar-refractivity contribution is 5.74. The molecule has 1 atom stereocenters. The molecule has 0 N–H and O–H groups in total. The Hall–Kier alpha value is -0.610. The van der Waals surface area contributed by atoms with Gasteiger partial charge in [-0.15, -0.1) is 0 Å². The number of hydrogen-bond acceptors (Lipinski definition) is 4. The Morgan fingerprint density at radius 1 is 1.09 bits per heavy atom. The molecule has 0 aromatic rings. The van der Waals surface area contributed by atoms with Crippen molar-refractivity contribution in [1.29, 1.82) is 0 Å². The molecule has 0 amide bonds. The van der Waals surface area contributed by atoms with Crippen LogP contribution in [-0.2, 0) is 19.3 Å². The van der Waals surface area contributed by atoms with Gasteiger partial charge in [-0.1, -0.05) is 53.9 Å². The number of hydrogen-bond donors (Lipinski definition) is 0. The van der Waals surface area contributed by atoms with E-state index in [4.69, 9.17) is 14.5 Å².